The molecule has 2 aromatic rings. The van der Waals surface area contributed by atoms with E-state index in [2.05, 4.69) is 76.5 Å². The van der Waals surface area contributed by atoms with E-state index < -0.39 is 0 Å². The third kappa shape index (κ3) is 7.13. The predicted octanol–water partition coefficient (Wildman–Crippen LogP) is 3.75. The number of aryl methyl sites for hydroxylation is 2. The number of nitrogens with zero attached hydrogens (tertiary/aromatic N) is 4. The zero-order valence-corrected chi connectivity index (χ0v) is 19.6. The minimum absolute atomic E-state index is 0.336. The van der Waals surface area contributed by atoms with E-state index in [0.717, 1.165) is 49.3 Å². The molecule has 1 unspecified atom stereocenters. The molecule has 1 atom stereocenters. The molecule has 0 saturated heterocycles. The van der Waals surface area contributed by atoms with Crippen LogP contribution in [0.3, 0.4) is 0 Å². The molecule has 2 aromatic heterocycles. The van der Waals surface area contributed by atoms with Crippen molar-refractivity contribution in [2.24, 2.45) is 10.9 Å². The molecular formula is C20H34N6S2. The van der Waals surface area contributed by atoms with Gasteiger partial charge in [-0.15, -0.1) is 21.5 Å². The third-order valence-corrected chi connectivity index (χ3v) is 5.99. The van der Waals surface area contributed by atoms with Gasteiger partial charge in [-0.2, -0.15) is 0 Å². The molecule has 0 fully saturated rings. The zero-order chi connectivity index (χ0) is 20.5. The predicted molar refractivity (Wildman–Crippen MR) is 122 cm³/mol. The molecule has 0 bridgehead atoms. The summed E-state index contributed by atoms with van der Waals surface area (Å²) in [5.41, 5.74) is 0. The Hall–Kier alpha value is -1.54. The summed E-state index contributed by atoms with van der Waals surface area (Å²) in [6.07, 6.45) is 4.97. The second-order valence-corrected chi connectivity index (χ2v) is 9.62. The minimum atomic E-state index is 0.336. The summed E-state index contributed by atoms with van der Waals surface area (Å²) in [4.78, 5) is 7.12. The highest BCUT2D eigenvalue weighted by molar-refractivity contribution is 7.98. The van der Waals surface area contributed by atoms with Gasteiger partial charge in [0.2, 0.25) is 0 Å². The monoisotopic (exact) mass is 422 g/mol. The van der Waals surface area contributed by atoms with Gasteiger partial charge in [-0.3, -0.25) is 4.99 Å². The second-order valence-electron chi connectivity index (χ2n) is 7.47. The van der Waals surface area contributed by atoms with Crippen molar-refractivity contribution in [2.75, 3.05) is 19.8 Å². The normalized spacial score (nSPS) is 13.2. The molecule has 6 nitrogen and oxygen atoms in total. The first-order valence-electron chi connectivity index (χ1n) is 9.91. The Kier molecular flexibility index (Phi) is 9.31. The summed E-state index contributed by atoms with van der Waals surface area (Å²) in [5.74, 6) is 2.51. The van der Waals surface area contributed by atoms with Crippen LogP contribution in [0.1, 0.15) is 42.8 Å². The van der Waals surface area contributed by atoms with Crippen LogP contribution < -0.4 is 10.6 Å². The summed E-state index contributed by atoms with van der Waals surface area (Å²) in [6.45, 7) is 10.6. The molecule has 0 aromatic carbocycles. The van der Waals surface area contributed by atoms with Gasteiger partial charge in [0.25, 0.3) is 0 Å². The number of aliphatic imine (C=N–C) groups is 1. The Morgan fingerprint density at radius 1 is 1.29 bits per heavy atom. The first-order valence-corrected chi connectivity index (χ1v) is 12.0. The summed E-state index contributed by atoms with van der Waals surface area (Å²) in [6, 6.07) is 4.73. The van der Waals surface area contributed by atoms with Gasteiger partial charge in [-0.1, -0.05) is 25.6 Å². The van der Waals surface area contributed by atoms with Crippen molar-refractivity contribution in [1.82, 2.24) is 25.4 Å². The van der Waals surface area contributed by atoms with Gasteiger partial charge >= 0.3 is 0 Å². The maximum Gasteiger partial charge on any atom is 0.191 e. The Morgan fingerprint density at radius 3 is 2.68 bits per heavy atom. The number of nitrogens with one attached hydrogen (secondary N) is 2. The molecule has 156 valence electrons. The van der Waals surface area contributed by atoms with E-state index in [4.69, 9.17) is 0 Å². The van der Waals surface area contributed by atoms with E-state index in [-0.39, 0.29) is 0 Å². The first kappa shape index (κ1) is 22.7. The minimum Gasteiger partial charge on any atom is -0.356 e. The zero-order valence-electron chi connectivity index (χ0n) is 18.0. The van der Waals surface area contributed by atoms with E-state index in [0.29, 0.717) is 12.0 Å². The maximum atomic E-state index is 4.39. The van der Waals surface area contributed by atoms with E-state index in [9.17, 15) is 0 Å². The van der Waals surface area contributed by atoms with Crippen LogP contribution in [0, 0.1) is 12.8 Å². The van der Waals surface area contributed by atoms with Gasteiger partial charge in [0.15, 0.2) is 11.1 Å². The number of guanidine groups is 1. The smallest absolute Gasteiger partial charge is 0.191 e. The lowest BCUT2D eigenvalue weighted by atomic mass is 10.2. The van der Waals surface area contributed by atoms with Gasteiger partial charge in [0, 0.05) is 48.8 Å². The average Bonchev–Trinajstić information content (AvgIpc) is 3.22. The number of thiophene rings is 1. The Balaban J connectivity index is 1.78. The molecular weight excluding hydrogens is 388 g/mol. The Labute approximate surface area is 177 Å². The largest absolute Gasteiger partial charge is 0.356 e. The molecule has 0 aliphatic rings. The molecule has 2 heterocycles. The van der Waals surface area contributed by atoms with Crippen molar-refractivity contribution in [3.63, 3.8) is 0 Å². The van der Waals surface area contributed by atoms with Crippen molar-refractivity contribution < 1.29 is 0 Å². The molecule has 0 aliphatic heterocycles. The van der Waals surface area contributed by atoms with Crippen LogP contribution in [0.2, 0.25) is 0 Å². The first-order chi connectivity index (χ1) is 13.4. The second kappa shape index (κ2) is 11.5. The topological polar surface area (TPSA) is 67.1 Å². The molecule has 8 heteroatoms. The van der Waals surface area contributed by atoms with Gasteiger partial charge in [0.1, 0.15) is 5.82 Å². The SMILES string of the molecule is CN=C(NCCCc1nnc(SC)n1CC(C)C)NC(C)Cc1ccc(C)s1. The summed E-state index contributed by atoms with van der Waals surface area (Å²) in [7, 11) is 1.82. The Bertz CT molecular complexity index is 750. The van der Waals surface area contributed by atoms with Crippen LogP contribution in [0.25, 0.3) is 0 Å². The van der Waals surface area contributed by atoms with E-state index in [1.807, 2.05) is 18.4 Å². The number of hydrogen-bond donors (Lipinski definition) is 2. The molecule has 2 N–H and O–H groups in total. The summed E-state index contributed by atoms with van der Waals surface area (Å²) >= 11 is 3.52. The Morgan fingerprint density at radius 2 is 2.07 bits per heavy atom. The molecule has 0 spiro atoms. The quantitative estimate of drug-likeness (QED) is 0.264. The van der Waals surface area contributed by atoms with Crippen molar-refractivity contribution in [3.05, 3.63) is 27.7 Å². The van der Waals surface area contributed by atoms with Crippen LogP contribution in [0.5, 0.6) is 0 Å². The standard InChI is InChI=1S/C20H34N6S2/c1-14(2)13-26-18(24-25-20(26)27-6)8-7-11-22-19(21-5)23-15(3)12-17-10-9-16(4)28-17/h9-10,14-15H,7-8,11-13H2,1-6H3,(H2,21,22,23). The van der Waals surface area contributed by atoms with Gasteiger partial charge < -0.3 is 15.2 Å². The average molecular weight is 423 g/mol. The fraction of sp³-hybridized carbons (Fsp3) is 0.650. The molecule has 0 aliphatic carbocycles. The fourth-order valence-electron chi connectivity index (χ4n) is 3.03. The molecule has 0 amide bonds. The van der Waals surface area contributed by atoms with Crippen molar-refractivity contribution in [2.45, 2.75) is 64.7 Å². The lowest BCUT2D eigenvalue weighted by Gasteiger charge is -2.17. The number of aromatic nitrogens is 3. The molecule has 0 radical (unpaired) electrons. The van der Waals surface area contributed by atoms with E-state index >= 15 is 0 Å². The van der Waals surface area contributed by atoms with E-state index in [1.54, 1.807) is 11.8 Å². The highest BCUT2D eigenvalue weighted by Crippen LogP contribution is 2.17. The van der Waals surface area contributed by atoms with Crippen molar-refractivity contribution >= 4 is 29.1 Å². The van der Waals surface area contributed by atoms with Crippen LogP contribution >= 0.6 is 23.1 Å². The summed E-state index contributed by atoms with van der Waals surface area (Å²) in [5, 5.41) is 16.6. The lowest BCUT2D eigenvalue weighted by molar-refractivity contribution is 0.477. The lowest BCUT2D eigenvalue weighted by Crippen LogP contribution is -2.43. The fourth-order valence-corrected chi connectivity index (χ4v) is 4.57. The van der Waals surface area contributed by atoms with Crippen LogP contribution in [-0.2, 0) is 19.4 Å². The van der Waals surface area contributed by atoms with Gasteiger partial charge in [0.05, 0.1) is 0 Å². The van der Waals surface area contributed by atoms with Crippen LogP contribution in [0.4, 0.5) is 0 Å². The number of rotatable bonds is 10. The number of hydrogen-bond acceptors (Lipinski definition) is 5. The highest BCUT2D eigenvalue weighted by Gasteiger charge is 2.12. The molecule has 2 rings (SSSR count). The summed E-state index contributed by atoms with van der Waals surface area (Å²) < 4.78 is 2.26. The van der Waals surface area contributed by atoms with E-state index in [1.165, 1.54) is 9.75 Å². The van der Waals surface area contributed by atoms with Gasteiger partial charge in [-0.25, -0.2) is 0 Å². The highest BCUT2D eigenvalue weighted by atomic mass is 32.2. The van der Waals surface area contributed by atoms with Crippen LogP contribution in [0.15, 0.2) is 22.3 Å². The third-order valence-electron chi connectivity index (χ3n) is 4.30. The van der Waals surface area contributed by atoms with Crippen molar-refractivity contribution in [3.8, 4) is 0 Å². The maximum absolute atomic E-state index is 4.39. The number of thioether (sulfide) groups is 1. The van der Waals surface area contributed by atoms with Crippen LogP contribution in [-0.4, -0.2) is 46.6 Å². The molecule has 0 saturated carbocycles. The van der Waals surface area contributed by atoms with Gasteiger partial charge in [-0.05, 0) is 44.6 Å². The van der Waals surface area contributed by atoms with Crippen molar-refractivity contribution in [1.29, 1.82) is 0 Å². The molecule has 28 heavy (non-hydrogen) atoms.